The van der Waals surface area contributed by atoms with E-state index in [1.807, 2.05) is 30.3 Å². The Morgan fingerprint density at radius 1 is 0.826 bits per heavy atom. The molecule has 0 radical (unpaired) electrons. The van der Waals surface area contributed by atoms with Crippen molar-refractivity contribution in [3.05, 3.63) is 35.9 Å². The molecule has 0 amide bonds. The van der Waals surface area contributed by atoms with Crippen molar-refractivity contribution in [2.45, 2.75) is 69.7 Å². The van der Waals surface area contributed by atoms with Gasteiger partial charge in [-0.3, -0.25) is 0 Å². The van der Waals surface area contributed by atoms with Crippen LogP contribution in [0.4, 0.5) is 0 Å². The van der Waals surface area contributed by atoms with E-state index in [0.717, 1.165) is 37.7 Å². The summed E-state index contributed by atoms with van der Waals surface area (Å²) in [6.45, 7) is 0. The van der Waals surface area contributed by atoms with Crippen LogP contribution in [0.25, 0.3) is 0 Å². The fraction of sp³-hybridized carbons (Fsp3) is 0.667. The molecule has 2 aliphatic heterocycles. The fourth-order valence-electron chi connectivity index (χ4n) is 3.73. The zero-order chi connectivity index (χ0) is 15.5. The Morgan fingerprint density at radius 3 is 2.48 bits per heavy atom. The molecule has 0 unspecified atom stereocenters. The molecule has 5 heteroatoms. The normalized spacial score (nSPS) is 36.2. The minimum Gasteiger partial charge on any atom is -0.311 e. The third kappa shape index (κ3) is 3.30. The summed E-state index contributed by atoms with van der Waals surface area (Å²) < 4.78 is 6.04. The SMILES string of the molecule is c1ccc([C@@]23CCC[C@@H](OO[C@H](C4CCCCC4)OO2)O3)cc1. The van der Waals surface area contributed by atoms with Gasteiger partial charge in [0.25, 0.3) is 0 Å². The summed E-state index contributed by atoms with van der Waals surface area (Å²) >= 11 is 0. The standard InChI is InChI=1S/C18H24O5/c1-3-8-14(9-4-1)17-21-20-16-12-7-13-18(19-16,23-22-17)15-10-5-2-6-11-15/h2,5-6,10-11,14,16-17H,1,3-4,7-9,12-13H2/t16-,17+,18-/m1/s1. The number of hydrogen-bond acceptors (Lipinski definition) is 5. The Morgan fingerprint density at radius 2 is 1.65 bits per heavy atom. The van der Waals surface area contributed by atoms with E-state index in [9.17, 15) is 0 Å². The maximum absolute atomic E-state index is 6.04. The van der Waals surface area contributed by atoms with Crippen LogP contribution in [-0.2, 0) is 30.1 Å². The van der Waals surface area contributed by atoms with Gasteiger partial charge >= 0.3 is 0 Å². The lowest BCUT2D eigenvalue weighted by molar-refractivity contribution is -0.595. The van der Waals surface area contributed by atoms with E-state index in [-0.39, 0.29) is 0 Å². The van der Waals surface area contributed by atoms with Crippen LogP contribution in [0.1, 0.15) is 56.9 Å². The van der Waals surface area contributed by atoms with Gasteiger partial charge in [-0.05, 0) is 19.3 Å². The topological polar surface area (TPSA) is 46.2 Å². The van der Waals surface area contributed by atoms with E-state index in [1.165, 1.54) is 19.3 Å². The summed E-state index contributed by atoms with van der Waals surface area (Å²) in [5.74, 6) is -0.587. The maximum Gasteiger partial charge on any atom is 0.230 e. The second-order valence-corrected chi connectivity index (χ2v) is 6.70. The smallest absolute Gasteiger partial charge is 0.230 e. The molecule has 1 aromatic rings. The number of ether oxygens (including phenoxy) is 1. The van der Waals surface area contributed by atoms with E-state index in [0.29, 0.717) is 5.92 Å². The Bertz CT molecular complexity index is 501. The lowest BCUT2D eigenvalue weighted by Crippen LogP contribution is -2.46. The first-order valence-electron chi connectivity index (χ1n) is 8.76. The van der Waals surface area contributed by atoms with Gasteiger partial charge in [0.1, 0.15) is 0 Å². The molecule has 126 valence electrons. The molecule has 23 heavy (non-hydrogen) atoms. The molecule has 0 spiro atoms. The van der Waals surface area contributed by atoms with Crippen molar-refractivity contribution in [2.24, 2.45) is 5.92 Å². The highest BCUT2D eigenvalue weighted by Gasteiger charge is 2.45. The molecule has 0 aromatic heterocycles. The largest absolute Gasteiger partial charge is 0.311 e. The number of rotatable bonds is 2. The van der Waals surface area contributed by atoms with Crippen LogP contribution in [0.5, 0.6) is 0 Å². The first kappa shape index (κ1) is 15.5. The first-order valence-corrected chi connectivity index (χ1v) is 8.76. The van der Waals surface area contributed by atoms with E-state index < -0.39 is 18.4 Å². The summed E-state index contributed by atoms with van der Waals surface area (Å²) in [5.41, 5.74) is 0.956. The molecule has 1 aliphatic carbocycles. The highest BCUT2D eigenvalue weighted by molar-refractivity contribution is 5.20. The molecule has 1 aromatic carbocycles. The predicted molar refractivity (Wildman–Crippen MR) is 81.5 cm³/mol. The Hall–Kier alpha value is -0.980. The molecule has 0 N–H and O–H groups in total. The summed E-state index contributed by atoms with van der Waals surface area (Å²) in [5, 5.41) is 0. The molecule has 1 saturated carbocycles. The van der Waals surface area contributed by atoms with Crippen LogP contribution in [0.3, 0.4) is 0 Å². The van der Waals surface area contributed by atoms with Crippen molar-refractivity contribution < 1.29 is 24.3 Å². The Kier molecular flexibility index (Phi) is 4.64. The molecule has 3 aliphatic rings. The van der Waals surface area contributed by atoms with Gasteiger partial charge in [0.05, 0.1) is 0 Å². The molecule has 2 bridgehead atoms. The second kappa shape index (κ2) is 6.87. The Balaban J connectivity index is 1.55. The molecular formula is C18H24O5. The highest BCUT2D eigenvalue weighted by atomic mass is 17.3. The fourth-order valence-corrected chi connectivity index (χ4v) is 3.73. The van der Waals surface area contributed by atoms with Gasteiger partial charge in [-0.1, -0.05) is 49.6 Å². The minimum atomic E-state index is -0.902. The predicted octanol–water partition coefficient (Wildman–Crippen LogP) is 4.18. The molecule has 2 saturated heterocycles. The second-order valence-electron chi connectivity index (χ2n) is 6.70. The minimum absolute atomic E-state index is 0.315. The zero-order valence-electron chi connectivity index (χ0n) is 13.3. The Labute approximate surface area is 136 Å². The maximum atomic E-state index is 6.04. The van der Waals surface area contributed by atoms with Crippen LogP contribution in [0.2, 0.25) is 0 Å². The van der Waals surface area contributed by atoms with Gasteiger partial charge in [0.15, 0.2) is 6.29 Å². The van der Waals surface area contributed by atoms with E-state index >= 15 is 0 Å². The van der Waals surface area contributed by atoms with Crippen LogP contribution in [-0.4, -0.2) is 12.6 Å². The average Bonchev–Trinajstić information content (AvgIpc) is 2.62. The quantitative estimate of drug-likeness (QED) is 0.765. The number of benzene rings is 1. The third-order valence-corrected chi connectivity index (χ3v) is 5.05. The van der Waals surface area contributed by atoms with Gasteiger partial charge in [-0.2, -0.15) is 14.7 Å². The first-order chi connectivity index (χ1) is 11.4. The third-order valence-electron chi connectivity index (χ3n) is 5.05. The molecule has 5 nitrogen and oxygen atoms in total. The van der Waals surface area contributed by atoms with E-state index in [1.54, 1.807) is 0 Å². The van der Waals surface area contributed by atoms with Crippen molar-refractivity contribution >= 4 is 0 Å². The molecule has 3 fully saturated rings. The van der Waals surface area contributed by atoms with Gasteiger partial charge in [-0.15, -0.1) is 0 Å². The molecule has 4 rings (SSSR count). The molecular weight excluding hydrogens is 296 g/mol. The van der Waals surface area contributed by atoms with Crippen molar-refractivity contribution in [3.8, 4) is 0 Å². The molecule has 3 atom stereocenters. The average molecular weight is 320 g/mol. The van der Waals surface area contributed by atoms with E-state index in [4.69, 9.17) is 24.3 Å². The highest BCUT2D eigenvalue weighted by Crippen LogP contribution is 2.42. The van der Waals surface area contributed by atoms with Crippen molar-refractivity contribution in [1.29, 1.82) is 0 Å². The summed E-state index contributed by atoms with van der Waals surface area (Å²) in [4.78, 5) is 22.6. The van der Waals surface area contributed by atoms with Crippen molar-refractivity contribution in [2.75, 3.05) is 0 Å². The van der Waals surface area contributed by atoms with Crippen LogP contribution in [0, 0.1) is 5.92 Å². The lowest BCUT2D eigenvalue weighted by atomic mass is 9.89. The van der Waals surface area contributed by atoms with Crippen LogP contribution in [0.15, 0.2) is 30.3 Å². The molecule has 2 heterocycles. The van der Waals surface area contributed by atoms with Crippen LogP contribution < -0.4 is 0 Å². The van der Waals surface area contributed by atoms with Crippen LogP contribution >= 0.6 is 0 Å². The monoisotopic (exact) mass is 320 g/mol. The van der Waals surface area contributed by atoms with Gasteiger partial charge in [-0.25, -0.2) is 4.89 Å². The van der Waals surface area contributed by atoms with Crippen molar-refractivity contribution in [3.63, 3.8) is 0 Å². The lowest BCUT2D eigenvalue weighted by Gasteiger charge is -2.42. The van der Waals surface area contributed by atoms with Gasteiger partial charge in [0.2, 0.25) is 12.1 Å². The number of hydrogen-bond donors (Lipinski definition) is 0. The van der Waals surface area contributed by atoms with Gasteiger partial charge in [0, 0.05) is 24.3 Å². The summed E-state index contributed by atoms with van der Waals surface area (Å²) in [6.07, 6.45) is 7.44. The zero-order valence-corrected chi connectivity index (χ0v) is 13.3. The van der Waals surface area contributed by atoms with E-state index in [2.05, 4.69) is 0 Å². The number of fused-ring (bicyclic) bond motifs is 2. The summed E-state index contributed by atoms with van der Waals surface area (Å²) in [7, 11) is 0. The van der Waals surface area contributed by atoms with Gasteiger partial charge < -0.3 is 4.74 Å². The summed E-state index contributed by atoms with van der Waals surface area (Å²) in [6, 6.07) is 9.95. The van der Waals surface area contributed by atoms with Crippen molar-refractivity contribution in [1.82, 2.24) is 0 Å².